The molecule has 2 heterocycles. The Hall–Kier alpha value is -3.78. The molecule has 0 aliphatic carbocycles. The zero-order chi connectivity index (χ0) is 22.7. The monoisotopic (exact) mass is 454 g/mol. The Balaban J connectivity index is 1.52. The third-order valence-corrected chi connectivity index (χ3v) is 5.23. The van der Waals surface area contributed by atoms with Crippen molar-refractivity contribution in [2.24, 2.45) is 5.10 Å². The van der Waals surface area contributed by atoms with Gasteiger partial charge in [-0.05, 0) is 42.0 Å². The number of furan rings is 1. The van der Waals surface area contributed by atoms with Crippen molar-refractivity contribution in [3.8, 4) is 11.5 Å². The van der Waals surface area contributed by atoms with E-state index in [2.05, 4.69) is 5.10 Å². The van der Waals surface area contributed by atoms with Gasteiger partial charge in [-0.15, -0.1) is 0 Å². The number of hydrogen-bond acceptors (Lipinski definition) is 7. The van der Waals surface area contributed by atoms with Gasteiger partial charge >= 0.3 is 5.97 Å². The number of aromatic hydroxyl groups is 1. The number of hydrogen-bond donors (Lipinski definition) is 1. The van der Waals surface area contributed by atoms with Crippen molar-refractivity contribution in [3.63, 3.8) is 0 Å². The maximum atomic E-state index is 12.9. The van der Waals surface area contributed by atoms with Gasteiger partial charge in [0.25, 0.3) is 5.91 Å². The third kappa shape index (κ3) is 4.31. The Morgan fingerprint density at radius 3 is 2.66 bits per heavy atom. The van der Waals surface area contributed by atoms with Crippen LogP contribution in [0.4, 0.5) is 0 Å². The smallest absolute Gasteiger partial charge is 0.342 e. The lowest BCUT2D eigenvalue weighted by Crippen LogP contribution is -2.31. The number of carbonyl (C=O) groups excluding carboxylic acids is 2. The van der Waals surface area contributed by atoms with Gasteiger partial charge in [0, 0.05) is 11.4 Å². The average molecular weight is 455 g/mol. The highest BCUT2D eigenvalue weighted by atomic mass is 35.5. The van der Waals surface area contributed by atoms with E-state index in [-0.39, 0.29) is 17.1 Å². The molecule has 1 amide bonds. The molecule has 1 aliphatic rings. The molecule has 1 aromatic heterocycles. The molecule has 0 bridgehead atoms. The summed E-state index contributed by atoms with van der Waals surface area (Å²) in [4.78, 5) is 25.3. The molecule has 8 nitrogen and oxygen atoms in total. The summed E-state index contributed by atoms with van der Waals surface area (Å²) in [5, 5.41) is 16.4. The second kappa shape index (κ2) is 9.15. The molecule has 9 heteroatoms. The van der Waals surface area contributed by atoms with Gasteiger partial charge in [0.05, 0.1) is 19.1 Å². The van der Waals surface area contributed by atoms with E-state index in [9.17, 15) is 14.7 Å². The molecule has 4 rings (SSSR count). The summed E-state index contributed by atoms with van der Waals surface area (Å²) in [6.45, 7) is -0.565. The average Bonchev–Trinajstić information content (AvgIpc) is 3.48. The van der Waals surface area contributed by atoms with Crippen molar-refractivity contribution < 1.29 is 28.6 Å². The van der Waals surface area contributed by atoms with E-state index in [0.29, 0.717) is 22.9 Å². The van der Waals surface area contributed by atoms with Crippen LogP contribution >= 0.6 is 11.6 Å². The number of carbonyl (C=O) groups is 2. The number of ether oxygens (including phenoxy) is 2. The Bertz CT molecular complexity index is 1160. The number of nitrogens with zero attached hydrogens (tertiary/aromatic N) is 2. The number of methoxy groups -OCH3 is 1. The van der Waals surface area contributed by atoms with E-state index in [1.54, 1.807) is 24.3 Å². The van der Waals surface area contributed by atoms with Crippen LogP contribution in [0, 0.1) is 0 Å². The summed E-state index contributed by atoms with van der Waals surface area (Å²) in [6, 6.07) is 14.5. The Labute approximate surface area is 188 Å². The quantitative estimate of drug-likeness (QED) is 0.560. The van der Waals surface area contributed by atoms with Gasteiger partial charge in [-0.1, -0.05) is 29.8 Å². The fourth-order valence-electron chi connectivity index (χ4n) is 3.38. The first kappa shape index (κ1) is 21.5. The van der Waals surface area contributed by atoms with E-state index in [4.69, 9.17) is 25.5 Å². The lowest BCUT2D eigenvalue weighted by molar-refractivity contribution is -0.136. The predicted molar refractivity (Wildman–Crippen MR) is 116 cm³/mol. The van der Waals surface area contributed by atoms with Gasteiger partial charge in [-0.3, -0.25) is 4.79 Å². The number of phenolic OH excluding ortho intramolecular Hbond substituents is 1. The Kier molecular flexibility index (Phi) is 6.13. The number of para-hydroxylation sites is 1. The summed E-state index contributed by atoms with van der Waals surface area (Å²) in [7, 11) is 1.37. The number of benzene rings is 2. The van der Waals surface area contributed by atoms with E-state index < -0.39 is 24.5 Å². The first-order chi connectivity index (χ1) is 15.5. The van der Waals surface area contributed by atoms with Gasteiger partial charge in [0.2, 0.25) is 0 Å². The van der Waals surface area contributed by atoms with Crippen LogP contribution < -0.4 is 4.74 Å². The fourth-order valence-corrected chi connectivity index (χ4v) is 3.51. The molecule has 0 unspecified atom stereocenters. The molecule has 3 aromatic rings. The Morgan fingerprint density at radius 2 is 1.97 bits per heavy atom. The third-order valence-electron chi connectivity index (χ3n) is 4.98. The highest BCUT2D eigenvalue weighted by Crippen LogP contribution is 2.34. The van der Waals surface area contributed by atoms with Crippen LogP contribution in [0.15, 0.2) is 70.4 Å². The lowest BCUT2D eigenvalue weighted by atomic mass is 10.0. The molecule has 0 radical (unpaired) electrons. The summed E-state index contributed by atoms with van der Waals surface area (Å²) < 4.78 is 15.6. The van der Waals surface area contributed by atoms with Crippen molar-refractivity contribution in [2.75, 3.05) is 13.7 Å². The van der Waals surface area contributed by atoms with Gasteiger partial charge in [0.15, 0.2) is 18.1 Å². The SMILES string of the molecule is COc1cccc(C(=O)OCC(=O)N2N=C(c3ccc(Cl)cc3)C[C@@H]2c2ccco2)c1O. The number of phenols is 1. The molecular weight excluding hydrogens is 436 g/mol. The summed E-state index contributed by atoms with van der Waals surface area (Å²) in [5.41, 5.74) is 1.39. The van der Waals surface area contributed by atoms with Crippen LogP contribution in [0.1, 0.15) is 34.1 Å². The van der Waals surface area contributed by atoms with Crippen molar-refractivity contribution in [3.05, 3.63) is 82.8 Å². The predicted octanol–water partition coefficient (Wildman–Crippen LogP) is 4.18. The van der Waals surface area contributed by atoms with Crippen molar-refractivity contribution in [1.82, 2.24) is 5.01 Å². The van der Waals surface area contributed by atoms with Crippen LogP contribution in [-0.4, -0.2) is 41.4 Å². The number of rotatable bonds is 6. The van der Waals surface area contributed by atoms with Crippen LogP contribution in [0.2, 0.25) is 5.02 Å². The van der Waals surface area contributed by atoms with Crippen LogP contribution in [0.5, 0.6) is 11.5 Å². The summed E-state index contributed by atoms with van der Waals surface area (Å²) in [6.07, 6.45) is 1.94. The van der Waals surface area contributed by atoms with Crippen molar-refractivity contribution in [1.29, 1.82) is 0 Å². The molecule has 1 N–H and O–H groups in total. The summed E-state index contributed by atoms with van der Waals surface area (Å²) >= 11 is 5.97. The highest BCUT2D eigenvalue weighted by Gasteiger charge is 2.35. The summed E-state index contributed by atoms with van der Waals surface area (Å²) in [5.74, 6) is -1.06. The van der Waals surface area contributed by atoms with Gasteiger partial charge in [0.1, 0.15) is 17.4 Å². The minimum Gasteiger partial charge on any atom is -0.504 e. The van der Waals surface area contributed by atoms with E-state index in [1.807, 2.05) is 12.1 Å². The number of esters is 1. The molecule has 0 fully saturated rings. The van der Waals surface area contributed by atoms with Gasteiger partial charge < -0.3 is 19.0 Å². The molecule has 0 saturated carbocycles. The van der Waals surface area contributed by atoms with Gasteiger partial charge in [-0.2, -0.15) is 5.10 Å². The molecule has 1 atom stereocenters. The van der Waals surface area contributed by atoms with E-state index >= 15 is 0 Å². The molecular formula is C23H19ClN2O6. The first-order valence-electron chi connectivity index (χ1n) is 9.70. The molecule has 2 aromatic carbocycles. The lowest BCUT2D eigenvalue weighted by Gasteiger charge is -2.19. The van der Waals surface area contributed by atoms with Crippen LogP contribution in [-0.2, 0) is 9.53 Å². The van der Waals surface area contributed by atoms with E-state index in [0.717, 1.165) is 5.56 Å². The Morgan fingerprint density at radius 1 is 1.19 bits per heavy atom. The topological polar surface area (TPSA) is 102 Å². The minimum absolute atomic E-state index is 0.105. The van der Waals surface area contributed by atoms with Gasteiger partial charge in [-0.25, -0.2) is 9.80 Å². The number of hydrazone groups is 1. The number of amides is 1. The molecule has 164 valence electrons. The standard InChI is InChI=1S/C23H19ClN2O6/c1-30-20-5-2-4-16(22(20)28)23(29)32-13-21(27)26-18(19-6-3-11-31-19)12-17(25-26)14-7-9-15(24)10-8-14/h2-11,18,28H,12-13H2,1H3/t18-/m1/s1. The first-order valence-corrected chi connectivity index (χ1v) is 10.1. The molecule has 1 aliphatic heterocycles. The minimum atomic E-state index is -0.856. The largest absolute Gasteiger partial charge is 0.504 e. The second-order valence-electron chi connectivity index (χ2n) is 6.96. The maximum Gasteiger partial charge on any atom is 0.342 e. The maximum absolute atomic E-state index is 12.9. The molecule has 32 heavy (non-hydrogen) atoms. The zero-order valence-electron chi connectivity index (χ0n) is 17.0. The molecule has 0 spiro atoms. The van der Waals surface area contributed by atoms with Crippen molar-refractivity contribution in [2.45, 2.75) is 12.5 Å². The van der Waals surface area contributed by atoms with Crippen LogP contribution in [0.3, 0.4) is 0 Å². The zero-order valence-corrected chi connectivity index (χ0v) is 17.8. The normalized spacial score (nSPS) is 15.4. The van der Waals surface area contributed by atoms with Crippen molar-refractivity contribution >= 4 is 29.2 Å². The molecule has 0 saturated heterocycles. The van der Waals surface area contributed by atoms with E-state index in [1.165, 1.54) is 36.6 Å². The second-order valence-corrected chi connectivity index (χ2v) is 7.40. The van der Waals surface area contributed by atoms with Crippen LogP contribution in [0.25, 0.3) is 0 Å². The highest BCUT2D eigenvalue weighted by molar-refractivity contribution is 6.30. The fraction of sp³-hybridized carbons (Fsp3) is 0.174. The number of halogens is 1.